The summed E-state index contributed by atoms with van der Waals surface area (Å²) >= 11 is 0. The van der Waals surface area contributed by atoms with Crippen LogP contribution in [0.3, 0.4) is 0 Å². The number of pyridine rings is 1. The average Bonchev–Trinajstić information content (AvgIpc) is 2.97. The van der Waals surface area contributed by atoms with Crippen molar-refractivity contribution in [3.8, 4) is 0 Å². The van der Waals surface area contributed by atoms with E-state index in [9.17, 15) is 4.79 Å². The second-order valence-electron chi connectivity index (χ2n) is 5.17. The second-order valence-corrected chi connectivity index (χ2v) is 5.17. The van der Waals surface area contributed by atoms with Gasteiger partial charge in [0.05, 0.1) is 17.3 Å². The summed E-state index contributed by atoms with van der Waals surface area (Å²) in [6, 6.07) is 3.93. The fraction of sp³-hybridized carbons (Fsp3) is 0.429. The van der Waals surface area contributed by atoms with E-state index in [4.69, 9.17) is 5.11 Å². The summed E-state index contributed by atoms with van der Waals surface area (Å²) in [5.74, 6) is 0.0383. The van der Waals surface area contributed by atoms with Crippen molar-refractivity contribution in [2.75, 3.05) is 13.6 Å². The number of carboxylic acids is 1. The first-order valence-electron chi connectivity index (χ1n) is 6.54. The molecule has 1 N–H and O–H groups in total. The van der Waals surface area contributed by atoms with Gasteiger partial charge in [0.25, 0.3) is 0 Å². The molecule has 1 aliphatic rings. The lowest BCUT2D eigenvalue weighted by Crippen LogP contribution is -2.27. The van der Waals surface area contributed by atoms with Crippen LogP contribution in [-0.2, 0) is 6.42 Å². The molecule has 0 bridgehead atoms. The molecule has 1 fully saturated rings. The lowest BCUT2D eigenvalue weighted by molar-refractivity contribution is 0.0696. The minimum atomic E-state index is -0.903. The van der Waals surface area contributed by atoms with E-state index in [0.29, 0.717) is 11.6 Å². The van der Waals surface area contributed by atoms with Crippen molar-refractivity contribution >= 4 is 11.5 Å². The highest BCUT2D eigenvalue weighted by Gasteiger charge is 2.22. The van der Waals surface area contributed by atoms with Gasteiger partial charge in [-0.3, -0.25) is 0 Å². The molecule has 2 aromatic heterocycles. The molecule has 0 spiro atoms. The highest BCUT2D eigenvalue weighted by atomic mass is 16.4. The van der Waals surface area contributed by atoms with Crippen LogP contribution in [0.15, 0.2) is 24.5 Å². The van der Waals surface area contributed by atoms with Crippen LogP contribution in [0.1, 0.15) is 29.0 Å². The number of imidazole rings is 1. The van der Waals surface area contributed by atoms with E-state index < -0.39 is 5.97 Å². The zero-order chi connectivity index (χ0) is 13.4. The smallest absolute Gasteiger partial charge is 0.337 e. The Hall–Kier alpha value is -1.88. The first kappa shape index (κ1) is 12.2. The lowest BCUT2D eigenvalue weighted by Gasteiger charge is -2.18. The monoisotopic (exact) mass is 259 g/mol. The van der Waals surface area contributed by atoms with Crippen molar-refractivity contribution in [2.24, 2.45) is 0 Å². The van der Waals surface area contributed by atoms with E-state index in [1.165, 1.54) is 12.8 Å². The van der Waals surface area contributed by atoms with Crippen molar-refractivity contribution in [1.29, 1.82) is 0 Å². The number of aromatic nitrogens is 2. The molecule has 3 rings (SSSR count). The number of rotatable bonds is 3. The van der Waals surface area contributed by atoms with Crippen molar-refractivity contribution < 1.29 is 9.90 Å². The summed E-state index contributed by atoms with van der Waals surface area (Å²) in [5.41, 5.74) is 1.24. The zero-order valence-electron chi connectivity index (χ0n) is 10.9. The van der Waals surface area contributed by atoms with Gasteiger partial charge in [-0.25, -0.2) is 9.78 Å². The van der Waals surface area contributed by atoms with Crippen LogP contribution in [0.5, 0.6) is 0 Å². The summed E-state index contributed by atoms with van der Waals surface area (Å²) < 4.78 is 1.90. The Bertz CT molecular complexity index is 620. The van der Waals surface area contributed by atoms with Gasteiger partial charge in [-0.05, 0) is 38.6 Å². The summed E-state index contributed by atoms with van der Waals surface area (Å²) in [6.45, 7) is 1.13. The van der Waals surface area contributed by atoms with E-state index in [0.717, 1.165) is 24.3 Å². The summed E-state index contributed by atoms with van der Waals surface area (Å²) in [4.78, 5) is 17.8. The van der Waals surface area contributed by atoms with Gasteiger partial charge in [0.15, 0.2) is 0 Å². The SMILES string of the molecule is CN1CCCC1Cc1ncc2ccc(C(=O)O)cn12. The number of hydrogen-bond acceptors (Lipinski definition) is 3. The number of likely N-dealkylation sites (tertiary alicyclic amines) is 1. The van der Waals surface area contributed by atoms with Gasteiger partial charge < -0.3 is 14.4 Å². The minimum Gasteiger partial charge on any atom is -0.478 e. The Morgan fingerprint density at radius 2 is 2.37 bits per heavy atom. The van der Waals surface area contributed by atoms with Crippen molar-refractivity contribution in [3.63, 3.8) is 0 Å². The Morgan fingerprint density at radius 1 is 1.53 bits per heavy atom. The first-order chi connectivity index (χ1) is 9.15. The van der Waals surface area contributed by atoms with Gasteiger partial charge in [0, 0.05) is 18.7 Å². The fourth-order valence-electron chi connectivity index (χ4n) is 2.77. The summed E-state index contributed by atoms with van der Waals surface area (Å²) in [5, 5.41) is 9.06. The van der Waals surface area contributed by atoms with Crippen molar-refractivity contribution in [3.05, 3.63) is 35.9 Å². The molecule has 3 heterocycles. The number of aromatic carboxylic acids is 1. The van der Waals surface area contributed by atoms with Crippen molar-refractivity contribution in [2.45, 2.75) is 25.3 Å². The molecule has 0 aliphatic carbocycles. The van der Waals surface area contributed by atoms with Crippen molar-refractivity contribution in [1.82, 2.24) is 14.3 Å². The molecule has 1 saturated heterocycles. The molecule has 0 aromatic carbocycles. The van der Waals surface area contributed by atoms with Gasteiger partial charge in [-0.15, -0.1) is 0 Å². The average molecular weight is 259 g/mol. The highest BCUT2D eigenvalue weighted by Crippen LogP contribution is 2.19. The number of nitrogens with zero attached hydrogens (tertiary/aromatic N) is 3. The van der Waals surface area contributed by atoms with Gasteiger partial charge in [-0.1, -0.05) is 0 Å². The maximum Gasteiger partial charge on any atom is 0.337 e. The number of hydrogen-bond donors (Lipinski definition) is 1. The largest absolute Gasteiger partial charge is 0.478 e. The topological polar surface area (TPSA) is 57.8 Å². The van der Waals surface area contributed by atoms with Crippen LogP contribution in [-0.4, -0.2) is 45.0 Å². The van der Waals surface area contributed by atoms with Crippen LogP contribution in [0.25, 0.3) is 5.52 Å². The molecule has 1 aliphatic heterocycles. The van der Waals surface area contributed by atoms with Crippen LogP contribution < -0.4 is 0 Å². The van der Waals surface area contributed by atoms with Crippen LogP contribution in [0, 0.1) is 0 Å². The van der Waals surface area contributed by atoms with Gasteiger partial charge >= 0.3 is 5.97 Å². The third-order valence-corrected chi connectivity index (χ3v) is 3.94. The molecule has 2 aromatic rings. The molecule has 5 nitrogen and oxygen atoms in total. The number of carboxylic acid groups (broad SMARTS) is 1. The molecule has 100 valence electrons. The maximum atomic E-state index is 11.0. The maximum absolute atomic E-state index is 11.0. The number of carbonyl (C=O) groups is 1. The normalized spacial score (nSPS) is 20.2. The van der Waals surface area contributed by atoms with Gasteiger partial charge in [0.2, 0.25) is 0 Å². The van der Waals surface area contributed by atoms with E-state index in [1.807, 2.05) is 4.40 Å². The van der Waals surface area contributed by atoms with Gasteiger partial charge in [-0.2, -0.15) is 0 Å². The summed E-state index contributed by atoms with van der Waals surface area (Å²) in [6.07, 6.45) is 6.74. The molecular weight excluding hydrogens is 242 g/mol. The minimum absolute atomic E-state index is 0.298. The van der Waals surface area contributed by atoms with Crippen LogP contribution >= 0.6 is 0 Å². The standard InChI is InChI=1S/C14H17N3O2/c1-16-6-2-3-11(16)7-13-15-8-12-5-4-10(14(18)19)9-17(12)13/h4-5,8-9,11H,2-3,6-7H2,1H3,(H,18,19). The predicted octanol–water partition coefficient (Wildman–Crippen LogP) is 1.67. The summed E-state index contributed by atoms with van der Waals surface area (Å²) in [7, 11) is 2.14. The molecule has 5 heteroatoms. The van der Waals surface area contributed by atoms with E-state index in [1.54, 1.807) is 24.5 Å². The first-order valence-corrected chi connectivity index (χ1v) is 6.54. The van der Waals surface area contributed by atoms with E-state index in [-0.39, 0.29) is 0 Å². The number of likely N-dealkylation sites (N-methyl/N-ethyl adjacent to an activating group) is 1. The zero-order valence-corrected chi connectivity index (χ0v) is 10.9. The van der Waals surface area contributed by atoms with E-state index in [2.05, 4.69) is 16.9 Å². The molecule has 0 radical (unpaired) electrons. The van der Waals surface area contributed by atoms with E-state index >= 15 is 0 Å². The molecular formula is C14H17N3O2. The highest BCUT2D eigenvalue weighted by molar-refractivity contribution is 5.87. The Balaban J connectivity index is 1.94. The quantitative estimate of drug-likeness (QED) is 0.911. The Labute approximate surface area is 111 Å². The Morgan fingerprint density at radius 3 is 3.05 bits per heavy atom. The molecule has 0 amide bonds. The lowest BCUT2D eigenvalue weighted by atomic mass is 10.1. The molecule has 0 saturated carbocycles. The molecule has 1 atom stereocenters. The number of fused-ring (bicyclic) bond motifs is 1. The Kier molecular flexibility index (Phi) is 2.98. The predicted molar refractivity (Wildman–Crippen MR) is 71.5 cm³/mol. The third-order valence-electron chi connectivity index (χ3n) is 3.94. The fourth-order valence-corrected chi connectivity index (χ4v) is 2.77. The van der Waals surface area contributed by atoms with Crippen LogP contribution in [0.2, 0.25) is 0 Å². The second kappa shape index (κ2) is 4.66. The van der Waals surface area contributed by atoms with Crippen LogP contribution in [0.4, 0.5) is 0 Å². The molecule has 1 unspecified atom stereocenters. The van der Waals surface area contributed by atoms with Gasteiger partial charge in [0.1, 0.15) is 5.82 Å². The molecule has 19 heavy (non-hydrogen) atoms. The third kappa shape index (κ3) is 2.21.